The lowest BCUT2D eigenvalue weighted by Gasteiger charge is -2.35. The summed E-state index contributed by atoms with van der Waals surface area (Å²) in [4.78, 5) is 26.2. The maximum atomic E-state index is 15.8. The summed E-state index contributed by atoms with van der Waals surface area (Å²) >= 11 is 7.50. The second-order valence-corrected chi connectivity index (χ2v) is 8.72. The first-order chi connectivity index (χ1) is 15.4. The number of carbonyl (C=O) groups is 1. The fraction of sp³-hybridized carbons (Fsp3) is 0.200. The number of benzene rings is 2. The Kier molecular flexibility index (Phi) is 5.03. The van der Waals surface area contributed by atoms with Crippen LogP contribution in [0, 0.1) is 11.6 Å². The van der Waals surface area contributed by atoms with Gasteiger partial charge in [-0.05, 0) is 18.2 Å². The first-order valence-electron chi connectivity index (χ1n) is 9.61. The average Bonchev–Trinajstić information content (AvgIpc) is 3.17. The maximum absolute atomic E-state index is 15.8. The van der Waals surface area contributed by atoms with Crippen molar-refractivity contribution in [1.82, 2.24) is 20.3 Å². The predicted molar refractivity (Wildman–Crippen MR) is 121 cm³/mol. The molecule has 1 saturated heterocycles. The Hall–Kier alpha value is -3.15. The van der Waals surface area contributed by atoms with E-state index in [9.17, 15) is 9.18 Å². The summed E-state index contributed by atoms with van der Waals surface area (Å²) in [5, 5.41) is 3.67. The Labute approximate surface area is 189 Å². The SMILES string of the molecule is NC(=O)C1CNCCN1c1ncnc2c(F)c(-c3ccc(F)c4sc(N)nc34)c(Cl)cc12. The third kappa shape index (κ3) is 3.20. The van der Waals surface area contributed by atoms with Crippen LogP contribution in [0.5, 0.6) is 0 Å². The van der Waals surface area contributed by atoms with Gasteiger partial charge in [0.1, 0.15) is 29.5 Å². The summed E-state index contributed by atoms with van der Waals surface area (Å²) in [5.41, 5.74) is 11.9. The standard InChI is InChI=1S/C20H16ClF2N7OS/c21-10-5-9-15(27-7-28-19(9)30-4-3-26-6-12(30)18(24)31)14(23)13(10)8-1-2-11(22)17-16(8)29-20(25)32-17/h1-2,5,7,12,26H,3-4,6H2,(H2,24,31)(H2,25,29). The van der Waals surface area contributed by atoms with Crippen molar-refractivity contribution in [1.29, 1.82) is 0 Å². The molecule has 0 aliphatic carbocycles. The van der Waals surface area contributed by atoms with E-state index in [2.05, 4.69) is 20.3 Å². The lowest BCUT2D eigenvalue weighted by atomic mass is 10.0. The molecule has 1 aliphatic rings. The van der Waals surface area contributed by atoms with Crippen LogP contribution in [-0.2, 0) is 4.79 Å². The number of thiazole rings is 1. The Morgan fingerprint density at radius 3 is 2.88 bits per heavy atom. The molecule has 0 spiro atoms. The molecule has 0 radical (unpaired) electrons. The van der Waals surface area contributed by atoms with E-state index in [-0.39, 0.29) is 31.5 Å². The number of nitrogens with one attached hydrogen (secondary N) is 1. The van der Waals surface area contributed by atoms with Crippen LogP contribution in [0.4, 0.5) is 19.7 Å². The highest BCUT2D eigenvalue weighted by Gasteiger charge is 2.30. The molecule has 1 amide bonds. The number of aromatic nitrogens is 3. The van der Waals surface area contributed by atoms with Crippen molar-refractivity contribution in [3.8, 4) is 11.1 Å². The number of nitrogen functional groups attached to an aromatic ring is 1. The van der Waals surface area contributed by atoms with E-state index in [4.69, 9.17) is 23.1 Å². The molecule has 5 rings (SSSR count). The lowest BCUT2D eigenvalue weighted by Crippen LogP contribution is -2.57. The monoisotopic (exact) mass is 475 g/mol. The van der Waals surface area contributed by atoms with E-state index in [0.717, 1.165) is 11.3 Å². The van der Waals surface area contributed by atoms with E-state index in [1.165, 1.54) is 24.5 Å². The molecule has 8 nitrogen and oxygen atoms in total. The molecule has 32 heavy (non-hydrogen) atoms. The van der Waals surface area contributed by atoms with Crippen molar-refractivity contribution < 1.29 is 13.6 Å². The molecule has 1 aliphatic heterocycles. The van der Waals surface area contributed by atoms with Gasteiger partial charge in [0.05, 0.1) is 15.2 Å². The number of amides is 1. The van der Waals surface area contributed by atoms with Gasteiger partial charge < -0.3 is 21.7 Å². The molecule has 1 atom stereocenters. The average molecular weight is 476 g/mol. The smallest absolute Gasteiger partial charge is 0.241 e. The number of fused-ring (bicyclic) bond motifs is 2. The summed E-state index contributed by atoms with van der Waals surface area (Å²) < 4.78 is 30.2. The third-order valence-electron chi connectivity index (χ3n) is 5.43. The Morgan fingerprint density at radius 2 is 2.09 bits per heavy atom. The number of hydrogen-bond acceptors (Lipinski definition) is 8. The largest absolute Gasteiger partial charge is 0.375 e. The van der Waals surface area contributed by atoms with Gasteiger partial charge in [-0.3, -0.25) is 4.79 Å². The molecular formula is C20H16ClF2N7OS. The molecule has 164 valence electrons. The van der Waals surface area contributed by atoms with Crippen LogP contribution >= 0.6 is 22.9 Å². The van der Waals surface area contributed by atoms with Crippen molar-refractivity contribution in [2.75, 3.05) is 30.3 Å². The van der Waals surface area contributed by atoms with Crippen LogP contribution < -0.4 is 21.7 Å². The van der Waals surface area contributed by atoms with Gasteiger partial charge in [-0.2, -0.15) is 0 Å². The zero-order valence-corrected chi connectivity index (χ0v) is 18.0. The fourth-order valence-electron chi connectivity index (χ4n) is 4.00. The van der Waals surface area contributed by atoms with Crippen LogP contribution in [0.2, 0.25) is 5.02 Å². The number of anilines is 2. The normalized spacial score (nSPS) is 16.7. The molecule has 5 N–H and O–H groups in total. The highest BCUT2D eigenvalue weighted by atomic mass is 35.5. The van der Waals surface area contributed by atoms with E-state index in [1.807, 2.05) is 0 Å². The minimum absolute atomic E-state index is 0.0110. The number of hydrogen-bond donors (Lipinski definition) is 3. The highest BCUT2D eigenvalue weighted by molar-refractivity contribution is 7.22. The Bertz CT molecular complexity index is 1400. The number of nitrogens with two attached hydrogens (primary N) is 2. The number of piperazine rings is 1. The van der Waals surface area contributed by atoms with E-state index >= 15 is 4.39 Å². The number of carbonyl (C=O) groups excluding carboxylic acids is 1. The number of rotatable bonds is 3. The van der Waals surface area contributed by atoms with E-state index in [0.29, 0.717) is 36.4 Å². The minimum atomic E-state index is -0.707. The van der Waals surface area contributed by atoms with Gasteiger partial charge in [0.2, 0.25) is 5.91 Å². The van der Waals surface area contributed by atoms with Gasteiger partial charge in [-0.1, -0.05) is 22.9 Å². The first kappa shape index (κ1) is 20.7. The van der Waals surface area contributed by atoms with Crippen LogP contribution in [0.15, 0.2) is 24.5 Å². The van der Waals surface area contributed by atoms with E-state index in [1.54, 1.807) is 4.90 Å². The van der Waals surface area contributed by atoms with Gasteiger partial charge in [0, 0.05) is 36.1 Å². The lowest BCUT2D eigenvalue weighted by molar-refractivity contribution is -0.119. The Morgan fingerprint density at radius 1 is 1.28 bits per heavy atom. The molecule has 3 heterocycles. The molecule has 12 heteroatoms. The van der Waals surface area contributed by atoms with Gasteiger partial charge in [-0.25, -0.2) is 23.7 Å². The minimum Gasteiger partial charge on any atom is -0.375 e. The third-order valence-corrected chi connectivity index (χ3v) is 6.62. The number of primary amides is 1. The second-order valence-electron chi connectivity index (χ2n) is 7.28. The topological polar surface area (TPSA) is 123 Å². The Balaban J connectivity index is 1.74. The zero-order chi connectivity index (χ0) is 22.6. The van der Waals surface area contributed by atoms with Crippen molar-refractivity contribution >= 4 is 60.9 Å². The second kappa shape index (κ2) is 7.76. The molecular weight excluding hydrogens is 460 g/mol. The number of halogens is 3. The summed E-state index contributed by atoms with van der Waals surface area (Å²) in [7, 11) is 0. The molecule has 2 aromatic carbocycles. The molecule has 1 fully saturated rings. The highest BCUT2D eigenvalue weighted by Crippen LogP contribution is 2.42. The molecule has 0 saturated carbocycles. The van der Waals surface area contributed by atoms with Crippen molar-refractivity contribution in [2.45, 2.75) is 6.04 Å². The van der Waals surface area contributed by atoms with Crippen LogP contribution in [0.25, 0.3) is 32.2 Å². The maximum Gasteiger partial charge on any atom is 0.241 e. The molecule has 2 aromatic heterocycles. The van der Waals surface area contributed by atoms with Crippen molar-refractivity contribution in [3.05, 3.63) is 41.2 Å². The molecule has 4 aromatic rings. The van der Waals surface area contributed by atoms with Crippen molar-refractivity contribution in [3.63, 3.8) is 0 Å². The number of nitrogens with zero attached hydrogens (tertiary/aromatic N) is 4. The predicted octanol–water partition coefficient (Wildman–Crippen LogP) is 2.68. The summed E-state index contributed by atoms with van der Waals surface area (Å²) in [5.74, 6) is -1.38. The molecule has 1 unspecified atom stereocenters. The summed E-state index contributed by atoms with van der Waals surface area (Å²) in [6, 6.07) is 3.52. The van der Waals surface area contributed by atoms with Crippen molar-refractivity contribution in [2.24, 2.45) is 5.73 Å². The van der Waals surface area contributed by atoms with Gasteiger partial charge in [0.15, 0.2) is 10.9 Å². The van der Waals surface area contributed by atoms with Gasteiger partial charge >= 0.3 is 0 Å². The quantitative estimate of drug-likeness (QED) is 0.416. The summed E-state index contributed by atoms with van der Waals surface area (Å²) in [6.07, 6.45) is 1.22. The fourth-order valence-corrected chi connectivity index (χ4v) is 5.06. The molecule has 0 bridgehead atoms. The van der Waals surface area contributed by atoms with E-state index < -0.39 is 23.6 Å². The van der Waals surface area contributed by atoms with Gasteiger partial charge in [-0.15, -0.1) is 0 Å². The first-order valence-corrected chi connectivity index (χ1v) is 10.8. The zero-order valence-electron chi connectivity index (χ0n) is 16.4. The van der Waals surface area contributed by atoms with Crippen LogP contribution in [-0.4, -0.2) is 46.5 Å². The van der Waals surface area contributed by atoms with Crippen LogP contribution in [0.1, 0.15) is 0 Å². The summed E-state index contributed by atoms with van der Waals surface area (Å²) in [6.45, 7) is 1.38. The van der Waals surface area contributed by atoms with Crippen LogP contribution in [0.3, 0.4) is 0 Å². The van der Waals surface area contributed by atoms with Gasteiger partial charge in [0.25, 0.3) is 0 Å².